The summed E-state index contributed by atoms with van der Waals surface area (Å²) in [5.41, 5.74) is 7.15. The third kappa shape index (κ3) is 2.62. The van der Waals surface area contributed by atoms with E-state index < -0.39 is 0 Å². The monoisotopic (exact) mass is 289 g/mol. The van der Waals surface area contributed by atoms with Crippen LogP contribution in [-0.4, -0.2) is 23.5 Å². The van der Waals surface area contributed by atoms with Gasteiger partial charge in [0, 0.05) is 24.2 Å². The summed E-state index contributed by atoms with van der Waals surface area (Å²) < 4.78 is 0. The van der Waals surface area contributed by atoms with Crippen molar-refractivity contribution in [2.24, 2.45) is 11.7 Å². The van der Waals surface area contributed by atoms with Crippen molar-refractivity contribution in [1.29, 1.82) is 0 Å². The number of benzene rings is 1. The van der Waals surface area contributed by atoms with Crippen LogP contribution in [0.3, 0.4) is 0 Å². The van der Waals surface area contributed by atoms with Gasteiger partial charge in [-0.3, -0.25) is 9.78 Å². The molecular weight excluding hydrogens is 274 g/mol. The summed E-state index contributed by atoms with van der Waals surface area (Å²) in [6.45, 7) is 0.500. The molecule has 1 aromatic heterocycles. The van der Waals surface area contributed by atoms with Gasteiger partial charge in [-0.2, -0.15) is 0 Å². The van der Waals surface area contributed by atoms with Gasteiger partial charge in [0.05, 0.1) is 16.1 Å². The molecule has 3 N–H and O–H groups in total. The van der Waals surface area contributed by atoms with Gasteiger partial charge in [-0.25, -0.2) is 0 Å². The van der Waals surface area contributed by atoms with Crippen LogP contribution in [0.1, 0.15) is 23.2 Å². The number of nitrogens with one attached hydrogen (secondary N) is 1. The van der Waals surface area contributed by atoms with Crippen LogP contribution in [0.25, 0.3) is 10.9 Å². The van der Waals surface area contributed by atoms with E-state index in [9.17, 15) is 4.79 Å². The first-order valence-electron chi connectivity index (χ1n) is 6.74. The molecule has 20 heavy (non-hydrogen) atoms. The average molecular weight is 290 g/mol. The molecule has 0 saturated heterocycles. The van der Waals surface area contributed by atoms with E-state index in [1.165, 1.54) is 12.8 Å². The molecule has 0 spiro atoms. The van der Waals surface area contributed by atoms with E-state index in [1.807, 2.05) is 6.07 Å². The first-order valence-corrected chi connectivity index (χ1v) is 7.11. The number of aromatic nitrogens is 1. The highest BCUT2D eigenvalue weighted by Crippen LogP contribution is 2.31. The molecule has 0 radical (unpaired) electrons. The van der Waals surface area contributed by atoms with Crippen molar-refractivity contribution in [3.8, 4) is 0 Å². The van der Waals surface area contributed by atoms with Crippen LogP contribution >= 0.6 is 11.6 Å². The number of nitrogens with zero attached hydrogens (tertiary/aromatic N) is 1. The molecule has 1 atom stereocenters. The Morgan fingerprint density at radius 1 is 1.45 bits per heavy atom. The number of amides is 1. The molecule has 4 nitrogen and oxygen atoms in total. The summed E-state index contributed by atoms with van der Waals surface area (Å²) in [6, 6.07) is 7.14. The van der Waals surface area contributed by atoms with Crippen molar-refractivity contribution in [3.05, 3.63) is 41.0 Å². The maximum absolute atomic E-state index is 12.3. The average Bonchev–Trinajstić information content (AvgIpc) is 3.30. The summed E-state index contributed by atoms with van der Waals surface area (Å²) in [5, 5.41) is 4.27. The summed E-state index contributed by atoms with van der Waals surface area (Å²) in [7, 11) is 0. The molecule has 1 aliphatic carbocycles. The molecule has 5 heteroatoms. The second-order valence-electron chi connectivity index (χ2n) is 5.21. The van der Waals surface area contributed by atoms with Gasteiger partial charge in [-0.1, -0.05) is 11.6 Å². The van der Waals surface area contributed by atoms with Crippen LogP contribution in [0.2, 0.25) is 5.02 Å². The van der Waals surface area contributed by atoms with Crippen LogP contribution in [-0.2, 0) is 0 Å². The summed E-state index contributed by atoms with van der Waals surface area (Å²) >= 11 is 6.12. The lowest BCUT2D eigenvalue weighted by molar-refractivity contribution is 0.0952. The van der Waals surface area contributed by atoms with E-state index >= 15 is 0 Å². The van der Waals surface area contributed by atoms with Crippen molar-refractivity contribution in [3.63, 3.8) is 0 Å². The van der Waals surface area contributed by atoms with E-state index in [-0.39, 0.29) is 11.9 Å². The van der Waals surface area contributed by atoms with Crippen LogP contribution in [0, 0.1) is 5.92 Å². The fraction of sp³-hybridized carbons (Fsp3) is 0.333. The Kier molecular flexibility index (Phi) is 3.59. The van der Waals surface area contributed by atoms with Crippen molar-refractivity contribution in [1.82, 2.24) is 10.3 Å². The van der Waals surface area contributed by atoms with Crippen molar-refractivity contribution in [2.45, 2.75) is 18.9 Å². The zero-order chi connectivity index (χ0) is 14.1. The first kappa shape index (κ1) is 13.3. The van der Waals surface area contributed by atoms with Crippen LogP contribution < -0.4 is 11.1 Å². The number of carbonyl (C=O) groups excluding carboxylic acids is 1. The van der Waals surface area contributed by atoms with E-state index in [0.717, 1.165) is 5.39 Å². The molecule has 1 aliphatic rings. The Balaban J connectivity index is 1.82. The smallest absolute Gasteiger partial charge is 0.253 e. The van der Waals surface area contributed by atoms with E-state index in [2.05, 4.69) is 10.3 Å². The maximum Gasteiger partial charge on any atom is 0.253 e. The SMILES string of the molecule is NC(CNC(=O)c1ccc(Cl)c2cccnc12)C1CC1. The van der Waals surface area contributed by atoms with Crippen LogP contribution in [0.5, 0.6) is 0 Å². The van der Waals surface area contributed by atoms with Gasteiger partial charge < -0.3 is 11.1 Å². The highest BCUT2D eigenvalue weighted by molar-refractivity contribution is 6.36. The maximum atomic E-state index is 12.3. The minimum absolute atomic E-state index is 0.0467. The third-order valence-corrected chi connectivity index (χ3v) is 4.02. The molecule has 0 bridgehead atoms. The largest absolute Gasteiger partial charge is 0.350 e. The normalized spacial score (nSPS) is 16.1. The Labute approximate surface area is 122 Å². The minimum Gasteiger partial charge on any atom is -0.350 e. The Hall–Kier alpha value is -1.65. The number of hydrogen-bond acceptors (Lipinski definition) is 3. The zero-order valence-corrected chi connectivity index (χ0v) is 11.7. The lowest BCUT2D eigenvalue weighted by Gasteiger charge is -2.12. The van der Waals surface area contributed by atoms with E-state index in [4.69, 9.17) is 17.3 Å². The van der Waals surface area contributed by atoms with Gasteiger partial charge in [0.1, 0.15) is 0 Å². The number of pyridine rings is 1. The van der Waals surface area contributed by atoms with Gasteiger partial charge in [-0.15, -0.1) is 0 Å². The number of rotatable bonds is 4. The van der Waals surface area contributed by atoms with Crippen LogP contribution in [0.4, 0.5) is 0 Å². The predicted molar refractivity (Wildman–Crippen MR) is 79.8 cm³/mol. The minimum atomic E-state index is -0.151. The van der Waals surface area contributed by atoms with Gasteiger partial charge >= 0.3 is 0 Å². The quantitative estimate of drug-likeness (QED) is 0.908. The highest BCUT2D eigenvalue weighted by atomic mass is 35.5. The predicted octanol–water partition coefficient (Wildman–Crippen LogP) is 2.36. The van der Waals surface area contributed by atoms with Gasteiger partial charge in [0.15, 0.2) is 0 Å². The Bertz CT molecular complexity index is 655. The second kappa shape index (κ2) is 5.38. The van der Waals surface area contributed by atoms with Crippen molar-refractivity contribution < 1.29 is 4.79 Å². The molecule has 0 aliphatic heterocycles. The van der Waals surface area contributed by atoms with E-state index in [1.54, 1.807) is 24.4 Å². The molecule has 1 saturated carbocycles. The first-order chi connectivity index (χ1) is 9.66. The molecule has 3 rings (SSSR count). The molecule has 1 fully saturated rings. The molecule has 2 aromatic rings. The highest BCUT2D eigenvalue weighted by Gasteiger charge is 2.28. The molecule has 104 valence electrons. The second-order valence-corrected chi connectivity index (χ2v) is 5.61. The zero-order valence-electron chi connectivity index (χ0n) is 11.0. The fourth-order valence-electron chi connectivity index (χ4n) is 2.32. The molecule has 1 amide bonds. The lowest BCUT2D eigenvalue weighted by atomic mass is 10.1. The number of hydrogen-bond donors (Lipinski definition) is 2. The summed E-state index contributed by atoms with van der Waals surface area (Å²) in [5.74, 6) is 0.414. The molecular formula is C15H16ClN3O. The Morgan fingerprint density at radius 3 is 3.00 bits per heavy atom. The van der Waals surface area contributed by atoms with Gasteiger partial charge in [0.2, 0.25) is 0 Å². The molecule has 1 unspecified atom stereocenters. The van der Waals surface area contributed by atoms with Crippen LogP contribution in [0.15, 0.2) is 30.5 Å². The topological polar surface area (TPSA) is 68.0 Å². The summed E-state index contributed by atoms with van der Waals surface area (Å²) in [6.07, 6.45) is 4.00. The number of fused-ring (bicyclic) bond motifs is 1. The Morgan fingerprint density at radius 2 is 2.25 bits per heavy atom. The number of carbonyl (C=O) groups is 1. The van der Waals surface area contributed by atoms with Crippen molar-refractivity contribution >= 4 is 28.4 Å². The number of nitrogens with two attached hydrogens (primary N) is 1. The number of halogens is 1. The summed E-state index contributed by atoms with van der Waals surface area (Å²) in [4.78, 5) is 16.5. The van der Waals surface area contributed by atoms with Gasteiger partial charge in [0.25, 0.3) is 5.91 Å². The fourth-order valence-corrected chi connectivity index (χ4v) is 2.53. The lowest BCUT2D eigenvalue weighted by Crippen LogP contribution is -2.38. The third-order valence-electron chi connectivity index (χ3n) is 3.69. The molecule has 1 aromatic carbocycles. The molecule has 1 heterocycles. The van der Waals surface area contributed by atoms with E-state index in [0.29, 0.717) is 28.6 Å². The van der Waals surface area contributed by atoms with Gasteiger partial charge in [-0.05, 0) is 43.0 Å². The standard InChI is InChI=1S/C15H16ClN3O/c16-12-6-5-11(14-10(12)2-1-7-18-14)15(20)19-8-13(17)9-3-4-9/h1-2,5-7,9,13H,3-4,8,17H2,(H,19,20). The van der Waals surface area contributed by atoms with Crippen molar-refractivity contribution in [2.75, 3.05) is 6.54 Å².